The summed E-state index contributed by atoms with van der Waals surface area (Å²) in [6.45, 7) is 9.46. The van der Waals surface area contributed by atoms with Gasteiger partial charge < -0.3 is 0 Å². The Bertz CT molecular complexity index is 291. The fourth-order valence-corrected chi connectivity index (χ4v) is 9.40. The van der Waals surface area contributed by atoms with Gasteiger partial charge in [0.2, 0.25) is 0 Å². The Hall–Kier alpha value is 1.30. The van der Waals surface area contributed by atoms with Gasteiger partial charge >= 0.3 is 0 Å². The first kappa shape index (κ1) is 33.5. The molecule has 0 nitrogen and oxygen atoms in total. The molecular formula is C24H52Si6. The Kier molecular flexibility index (Phi) is 33.8. The molecule has 0 amide bonds. The summed E-state index contributed by atoms with van der Waals surface area (Å²) in [7, 11) is 9.42. The van der Waals surface area contributed by atoms with Crippen molar-refractivity contribution in [3.8, 4) is 0 Å². The summed E-state index contributed by atoms with van der Waals surface area (Å²) < 4.78 is 0. The summed E-state index contributed by atoms with van der Waals surface area (Å²) >= 11 is 0. The molecule has 12 radical (unpaired) electrons. The first-order valence-corrected chi connectivity index (χ1v) is 24.5. The second kappa shape index (κ2) is 30.3. The Morgan fingerprint density at radius 1 is 0.433 bits per heavy atom. The van der Waals surface area contributed by atoms with Crippen LogP contribution in [0.4, 0.5) is 0 Å². The second-order valence-corrected chi connectivity index (χ2v) is 24.7. The molecule has 0 aromatic heterocycles. The molecular weight excluding hydrogens is 457 g/mol. The zero-order valence-corrected chi connectivity index (χ0v) is 27.1. The van der Waals surface area contributed by atoms with Crippen LogP contribution in [0.2, 0.25) is 25.2 Å². The van der Waals surface area contributed by atoms with Crippen molar-refractivity contribution in [2.45, 2.75) is 155 Å². The van der Waals surface area contributed by atoms with Crippen LogP contribution in [-0.2, 0) is 0 Å². The zero-order chi connectivity index (χ0) is 22.7. The Morgan fingerprint density at radius 2 is 0.667 bits per heavy atom. The molecule has 6 heteroatoms. The van der Waals surface area contributed by atoms with Crippen LogP contribution in [0.1, 0.15) is 129 Å². The third kappa shape index (κ3) is 31.5. The van der Waals surface area contributed by atoms with Crippen LogP contribution in [0.5, 0.6) is 0 Å². The molecule has 0 fully saturated rings. The van der Waals surface area contributed by atoms with Crippen LogP contribution in [0.15, 0.2) is 0 Å². The van der Waals surface area contributed by atoms with Crippen molar-refractivity contribution in [2.24, 2.45) is 0 Å². The summed E-state index contributed by atoms with van der Waals surface area (Å²) in [6, 6.07) is 3.03. The summed E-state index contributed by atoms with van der Waals surface area (Å²) in [5, 5.41) is 0. The molecule has 172 valence electrons. The number of rotatable bonds is 22. The van der Waals surface area contributed by atoms with Gasteiger partial charge in [-0.05, 0) is 0 Å². The molecule has 0 unspecified atom stereocenters. The fourth-order valence-electron chi connectivity index (χ4n) is 3.53. The van der Waals surface area contributed by atoms with E-state index in [4.69, 9.17) is 0 Å². The minimum atomic E-state index is 0.00521. The molecule has 0 aliphatic heterocycles. The van der Waals surface area contributed by atoms with Gasteiger partial charge in [0.25, 0.3) is 0 Å². The second-order valence-electron chi connectivity index (χ2n) is 8.97. The summed E-state index contributed by atoms with van der Waals surface area (Å²) in [5.74, 6) is 0. The molecule has 0 bridgehead atoms. The quantitative estimate of drug-likeness (QED) is 0.103. The van der Waals surface area contributed by atoms with E-state index in [0.717, 1.165) is 17.1 Å². The summed E-state index contributed by atoms with van der Waals surface area (Å²) in [4.78, 5) is 0. The van der Waals surface area contributed by atoms with Gasteiger partial charge in [-0.2, -0.15) is 0 Å². The topological polar surface area (TPSA) is 0 Å². The first-order chi connectivity index (χ1) is 14.6. The molecule has 0 atom stereocenters. The fraction of sp³-hybridized carbons (Fsp3) is 1.00. The standard InChI is InChI=1S/C13H28Si3.C11H24Si3/c1-3-4-5-6-7-8-9-10-11-12-13-16(2)15-14;1-3-4-5-6-7-8-9-10-11-14(2)13-12/h3-13H2,1-2H3;3-11H2,1-2H3. The van der Waals surface area contributed by atoms with Crippen LogP contribution in [-0.4, -0.2) is 53.3 Å². The lowest BCUT2D eigenvalue weighted by atomic mass is 10.1. The molecule has 30 heavy (non-hydrogen) atoms. The largest absolute Gasteiger partial charge is 0.0738 e. The smallest absolute Gasteiger partial charge is 0.0271 e. The highest BCUT2D eigenvalue weighted by molar-refractivity contribution is 7.31. The molecule has 0 heterocycles. The van der Waals surface area contributed by atoms with Crippen LogP contribution in [0.25, 0.3) is 0 Å². The minimum Gasteiger partial charge on any atom is -0.0738 e. The normalized spacial score (nSPS) is 11.2. The number of hydrogen-bond acceptors (Lipinski definition) is 0. The van der Waals surface area contributed by atoms with E-state index in [2.05, 4.69) is 46.5 Å². The van der Waals surface area contributed by atoms with E-state index < -0.39 is 0 Å². The van der Waals surface area contributed by atoms with Gasteiger partial charge in [-0.3, -0.25) is 0 Å². The maximum atomic E-state index is 3.66. The zero-order valence-electron chi connectivity index (χ0n) is 21.1. The molecule has 0 aromatic rings. The maximum Gasteiger partial charge on any atom is 0.0271 e. The van der Waals surface area contributed by atoms with Crippen molar-refractivity contribution in [1.29, 1.82) is 0 Å². The predicted octanol–water partition coefficient (Wildman–Crippen LogP) is 7.85. The first-order valence-electron chi connectivity index (χ1n) is 13.1. The highest BCUT2D eigenvalue weighted by Gasteiger charge is 2.01. The van der Waals surface area contributed by atoms with E-state index >= 15 is 0 Å². The van der Waals surface area contributed by atoms with Crippen molar-refractivity contribution in [3.05, 3.63) is 0 Å². The van der Waals surface area contributed by atoms with Crippen LogP contribution in [0.3, 0.4) is 0 Å². The molecule has 0 aromatic carbocycles. The Balaban J connectivity index is 0. The number of hydrogen-bond donors (Lipinski definition) is 0. The Morgan fingerprint density at radius 3 is 0.900 bits per heavy atom. The number of unbranched alkanes of at least 4 members (excludes halogenated alkanes) is 16. The van der Waals surface area contributed by atoms with Gasteiger partial charge in [-0.15, -0.1) is 0 Å². The Labute approximate surface area is 207 Å². The van der Waals surface area contributed by atoms with Crippen LogP contribution in [0, 0.1) is 0 Å². The van der Waals surface area contributed by atoms with Gasteiger partial charge in [0.05, 0.1) is 0 Å². The molecule has 0 N–H and O–H groups in total. The van der Waals surface area contributed by atoms with Crippen molar-refractivity contribution >= 4 is 53.3 Å². The summed E-state index contributed by atoms with van der Waals surface area (Å²) in [6.07, 6.45) is 26.3. The SMILES string of the molecule is CCCCCCCCCCCC[Si](C)[Si][Si].CCCCCCCCCC[Si](C)[Si][Si]. The van der Waals surface area contributed by atoms with Gasteiger partial charge in [0.15, 0.2) is 0 Å². The average Bonchev–Trinajstić information content (AvgIpc) is 2.76. The van der Waals surface area contributed by atoms with Gasteiger partial charge in [0, 0.05) is 53.3 Å². The predicted molar refractivity (Wildman–Crippen MR) is 150 cm³/mol. The minimum absolute atomic E-state index is 0.00521. The van der Waals surface area contributed by atoms with Crippen molar-refractivity contribution in [2.75, 3.05) is 0 Å². The highest BCUT2D eigenvalue weighted by Crippen LogP contribution is 2.12. The van der Waals surface area contributed by atoms with Crippen LogP contribution < -0.4 is 0 Å². The van der Waals surface area contributed by atoms with E-state index in [1.54, 1.807) is 0 Å². The third-order valence-electron chi connectivity index (χ3n) is 5.74. The van der Waals surface area contributed by atoms with Gasteiger partial charge in [0.1, 0.15) is 0 Å². The van der Waals surface area contributed by atoms with Crippen LogP contribution >= 0.6 is 0 Å². The molecule has 0 aliphatic rings. The third-order valence-corrected chi connectivity index (χ3v) is 20.5. The maximum absolute atomic E-state index is 3.66. The average molecular weight is 509 g/mol. The lowest BCUT2D eigenvalue weighted by Gasteiger charge is -2.05. The molecule has 0 saturated heterocycles. The lowest BCUT2D eigenvalue weighted by Crippen LogP contribution is -2.17. The molecule has 0 spiro atoms. The molecule has 0 saturated carbocycles. The van der Waals surface area contributed by atoms with Gasteiger partial charge in [-0.1, -0.05) is 155 Å². The van der Waals surface area contributed by atoms with Crippen molar-refractivity contribution < 1.29 is 0 Å². The van der Waals surface area contributed by atoms with E-state index in [1.807, 2.05) is 0 Å². The van der Waals surface area contributed by atoms with Crippen molar-refractivity contribution in [3.63, 3.8) is 0 Å². The van der Waals surface area contributed by atoms with E-state index in [-0.39, 0.29) is 16.6 Å². The van der Waals surface area contributed by atoms with Crippen molar-refractivity contribution in [1.82, 2.24) is 0 Å². The highest BCUT2D eigenvalue weighted by atomic mass is 29.5. The summed E-state index contributed by atoms with van der Waals surface area (Å²) in [5.41, 5.74) is 0. The van der Waals surface area contributed by atoms with E-state index in [9.17, 15) is 0 Å². The lowest BCUT2D eigenvalue weighted by molar-refractivity contribution is 0.562. The monoisotopic (exact) mass is 508 g/mol. The molecule has 0 rings (SSSR count). The van der Waals surface area contributed by atoms with E-state index in [1.165, 1.54) is 128 Å². The van der Waals surface area contributed by atoms with Gasteiger partial charge in [-0.25, -0.2) is 0 Å². The van der Waals surface area contributed by atoms with E-state index in [0.29, 0.717) is 0 Å². The molecule has 0 aliphatic carbocycles.